The van der Waals surface area contributed by atoms with Crippen LogP contribution in [0.5, 0.6) is 0 Å². The molecule has 0 amide bonds. The lowest BCUT2D eigenvalue weighted by molar-refractivity contribution is -0.141. The van der Waals surface area contributed by atoms with Crippen LogP contribution in [0.15, 0.2) is 38.0 Å². The lowest BCUT2D eigenvalue weighted by Crippen LogP contribution is -2.17. The third-order valence-corrected chi connectivity index (χ3v) is 1.55. The second-order valence-corrected chi connectivity index (χ2v) is 2.66. The van der Waals surface area contributed by atoms with Gasteiger partial charge in [0.15, 0.2) is 0 Å². The van der Waals surface area contributed by atoms with Gasteiger partial charge in [-0.1, -0.05) is 19.2 Å². The molecular formula is C11H14O4. The Labute approximate surface area is 88.9 Å². The van der Waals surface area contributed by atoms with Crippen molar-refractivity contribution in [2.45, 2.75) is 0 Å². The van der Waals surface area contributed by atoms with Crippen LogP contribution in [0.2, 0.25) is 0 Å². The van der Waals surface area contributed by atoms with Gasteiger partial charge in [0.25, 0.3) is 0 Å². The van der Waals surface area contributed by atoms with Gasteiger partial charge in [0.05, 0.1) is 0 Å². The molecule has 0 spiro atoms. The maximum absolute atomic E-state index is 10.7. The van der Waals surface area contributed by atoms with E-state index in [0.717, 1.165) is 12.2 Å². The van der Waals surface area contributed by atoms with Crippen molar-refractivity contribution < 1.29 is 19.1 Å². The van der Waals surface area contributed by atoms with E-state index in [-0.39, 0.29) is 19.1 Å². The molecule has 0 saturated heterocycles. The molecule has 0 atom stereocenters. The Balaban J connectivity index is 3.87. The second-order valence-electron chi connectivity index (χ2n) is 2.66. The minimum atomic E-state index is -0.517. The van der Waals surface area contributed by atoms with Crippen molar-refractivity contribution in [1.82, 2.24) is 0 Å². The minimum Gasteiger partial charge on any atom is -0.462 e. The summed E-state index contributed by atoms with van der Waals surface area (Å²) >= 11 is 0. The summed E-state index contributed by atoms with van der Waals surface area (Å²) in [5.74, 6) is -1.26. The van der Waals surface area contributed by atoms with Gasteiger partial charge in [-0.15, -0.1) is 6.58 Å². The summed E-state index contributed by atoms with van der Waals surface area (Å²) < 4.78 is 9.53. The SMILES string of the molecule is C=CC(=O)OCC(C=C)COC(=O)C=C. The summed E-state index contributed by atoms with van der Waals surface area (Å²) in [4.78, 5) is 21.5. The van der Waals surface area contributed by atoms with Gasteiger partial charge in [0.2, 0.25) is 0 Å². The van der Waals surface area contributed by atoms with Crippen molar-refractivity contribution in [2.24, 2.45) is 5.92 Å². The van der Waals surface area contributed by atoms with Crippen molar-refractivity contribution in [3.05, 3.63) is 38.0 Å². The van der Waals surface area contributed by atoms with Gasteiger partial charge in [0, 0.05) is 18.1 Å². The van der Waals surface area contributed by atoms with Gasteiger partial charge >= 0.3 is 11.9 Å². The molecule has 0 aromatic rings. The van der Waals surface area contributed by atoms with Crippen LogP contribution in [-0.4, -0.2) is 25.2 Å². The lowest BCUT2D eigenvalue weighted by Gasteiger charge is -2.11. The summed E-state index contributed by atoms with van der Waals surface area (Å²) in [7, 11) is 0. The highest BCUT2D eigenvalue weighted by molar-refractivity contribution is 5.81. The number of carbonyl (C=O) groups is 2. The molecule has 82 valence electrons. The summed E-state index contributed by atoms with van der Waals surface area (Å²) in [6, 6.07) is 0. The van der Waals surface area contributed by atoms with E-state index in [1.807, 2.05) is 0 Å². The fourth-order valence-electron chi connectivity index (χ4n) is 0.680. The maximum atomic E-state index is 10.7. The van der Waals surface area contributed by atoms with Gasteiger partial charge in [-0.3, -0.25) is 0 Å². The number of ether oxygens (including phenoxy) is 2. The van der Waals surface area contributed by atoms with Crippen molar-refractivity contribution >= 4 is 11.9 Å². The number of hydrogen-bond acceptors (Lipinski definition) is 4. The topological polar surface area (TPSA) is 52.6 Å². The molecule has 4 heteroatoms. The van der Waals surface area contributed by atoms with E-state index >= 15 is 0 Å². The third kappa shape index (κ3) is 6.26. The van der Waals surface area contributed by atoms with E-state index in [9.17, 15) is 9.59 Å². The molecule has 0 radical (unpaired) electrons. The van der Waals surface area contributed by atoms with Crippen LogP contribution in [0.3, 0.4) is 0 Å². The van der Waals surface area contributed by atoms with Crippen molar-refractivity contribution in [2.75, 3.05) is 13.2 Å². The maximum Gasteiger partial charge on any atom is 0.330 e. The van der Waals surface area contributed by atoms with Gasteiger partial charge in [-0.25, -0.2) is 9.59 Å². The molecule has 0 fully saturated rings. The van der Waals surface area contributed by atoms with E-state index in [1.54, 1.807) is 6.08 Å². The smallest absolute Gasteiger partial charge is 0.330 e. The van der Waals surface area contributed by atoms with Crippen LogP contribution in [0.4, 0.5) is 0 Å². The van der Waals surface area contributed by atoms with E-state index < -0.39 is 11.9 Å². The molecule has 0 saturated carbocycles. The summed E-state index contributed by atoms with van der Waals surface area (Å²) in [5.41, 5.74) is 0. The van der Waals surface area contributed by atoms with Crippen molar-refractivity contribution in [1.29, 1.82) is 0 Å². The van der Waals surface area contributed by atoms with Gasteiger partial charge in [-0.05, 0) is 0 Å². The molecule has 0 aliphatic rings. The first-order chi connectivity index (χ1) is 7.13. The number of hydrogen-bond donors (Lipinski definition) is 0. The van der Waals surface area contributed by atoms with Crippen LogP contribution < -0.4 is 0 Å². The van der Waals surface area contributed by atoms with E-state index in [0.29, 0.717) is 0 Å². The zero-order chi connectivity index (χ0) is 11.7. The first kappa shape index (κ1) is 13.2. The molecule has 0 aliphatic heterocycles. The Morgan fingerprint density at radius 3 is 1.67 bits per heavy atom. The van der Waals surface area contributed by atoms with Gasteiger partial charge < -0.3 is 9.47 Å². The van der Waals surface area contributed by atoms with Crippen molar-refractivity contribution in [3.8, 4) is 0 Å². The van der Waals surface area contributed by atoms with E-state index in [1.165, 1.54) is 0 Å². The highest BCUT2D eigenvalue weighted by Crippen LogP contribution is 2.01. The standard InChI is InChI=1S/C11H14O4/c1-4-9(7-14-10(12)5-2)8-15-11(13)6-3/h4-6,9H,1-3,7-8H2. The largest absolute Gasteiger partial charge is 0.462 e. The number of rotatable bonds is 7. The van der Waals surface area contributed by atoms with Crippen LogP contribution >= 0.6 is 0 Å². The molecule has 4 nitrogen and oxygen atoms in total. The third-order valence-electron chi connectivity index (χ3n) is 1.55. The Kier molecular flexibility index (Phi) is 6.63. The fourth-order valence-corrected chi connectivity index (χ4v) is 0.680. The zero-order valence-corrected chi connectivity index (χ0v) is 8.48. The Hall–Kier alpha value is -1.84. The molecule has 0 rings (SSSR count). The first-order valence-corrected chi connectivity index (χ1v) is 4.35. The van der Waals surface area contributed by atoms with E-state index in [4.69, 9.17) is 9.47 Å². The van der Waals surface area contributed by atoms with Crippen molar-refractivity contribution in [3.63, 3.8) is 0 Å². The normalized spacial score (nSPS) is 9.13. The average molecular weight is 210 g/mol. The summed E-state index contributed by atoms with van der Waals surface area (Å²) in [6.45, 7) is 10.3. The molecule has 0 heterocycles. The lowest BCUT2D eigenvalue weighted by atomic mass is 10.2. The predicted molar refractivity (Wildman–Crippen MR) is 56.0 cm³/mol. The molecule has 15 heavy (non-hydrogen) atoms. The number of carbonyl (C=O) groups excluding carboxylic acids is 2. The molecule has 0 bridgehead atoms. The van der Waals surface area contributed by atoms with Crippen LogP contribution in [-0.2, 0) is 19.1 Å². The molecule has 0 unspecified atom stereocenters. The monoisotopic (exact) mass is 210 g/mol. The molecular weight excluding hydrogens is 196 g/mol. The van der Waals surface area contributed by atoms with Crippen LogP contribution in [0.1, 0.15) is 0 Å². The highest BCUT2D eigenvalue weighted by Gasteiger charge is 2.09. The molecule has 0 aliphatic carbocycles. The first-order valence-electron chi connectivity index (χ1n) is 4.35. The minimum absolute atomic E-state index is 0.110. The second kappa shape index (κ2) is 7.55. The quantitative estimate of drug-likeness (QED) is 0.360. The Morgan fingerprint density at radius 2 is 1.40 bits per heavy atom. The molecule has 0 N–H and O–H groups in total. The highest BCUT2D eigenvalue weighted by atomic mass is 16.5. The number of esters is 2. The molecule has 0 aromatic heterocycles. The Morgan fingerprint density at radius 1 is 1.00 bits per heavy atom. The van der Waals surface area contributed by atoms with Gasteiger partial charge in [-0.2, -0.15) is 0 Å². The summed E-state index contributed by atoms with van der Waals surface area (Å²) in [5, 5.41) is 0. The summed E-state index contributed by atoms with van der Waals surface area (Å²) in [6.07, 6.45) is 3.68. The molecule has 0 aromatic carbocycles. The van der Waals surface area contributed by atoms with Gasteiger partial charge in [0.1, 0.15) is 13.2 Å². The van der Waals surface area contributed by atoms with Crippen LogP contribution in [0, 0.1) is 5.92 Å². The van der Waals surface area contributed by atoms with E-state index in [2.05, 4.69) is 19.7 Å². The fraction of sp³-hybridized carbons (Fsp3) is 0.273. The zero-order valence-electron chi connectivity index (χ0n) is 8.48. The predicted octanol–water partition coefficient (Wildman–Crippen LogP) is 1.25. The Bertz CT molecular complexity index is 244. The van der Waals surface area contributed by atoms with Crippen LogP contribution in [0.25, 0.3) is 0 Å². The average Bonchev–Trinajstić information content (AvgIpc) is 2.28.